The normalized spacial score (nSPS) is 12.8. The van der Waals surface area contributed by atoms with Crippen molar-refractivity contribution in [1.29, 1.82) is 5.26 Å². The van der Waals surface area contributed by atoms with E-state index in [1.165, 1.54) is 0 Å². The molecule has 1 amide bonds. The van der Waals surface area contributed by atoms with Gasteiger partial charge in [0.2, 0.25) is 5.91 Å². The lowest BCUT2D eigenvalue weighted by Gasteiger charge is -2.10. The Bertz CT molecular complexity index is 765. The molecule has 5 nitrogen and oxygen atoms in total. The average molecular weight is 308 g/mol. The second-order valence-corrected chi connectivity index (χ2v) is 5.25. The number of benzene rings is 2. The highest BCUT2D eigenvalue weighted by molar-refractivity contribution is 5.92. The van der Waals surface area contributed by atoms with Crippen molar-refractivity contribution in [3.63, 3.8) is 0 Å². The molecule has 2 aromatic rings. The lowest BCUT2D eigenvalue weighted by molar-refractivity contribution is -0.115. The number of ether oxygens (including phenoxy) is 2. The number of fused-ring (bicyclic) bond motifs is 1. The van der Waals surface area contributed by atoms with Crippen LogP contribution in [0.1, 0.15) is 17.5 Å². The fraction of sp³-hybridized carbons (Fsp3) is 0.222. The summed E-state index contributed by atoms with van der Waals surface area (Å²) in [5, 5.41) is 11.7. The Labute approximate surface area is 134 Å². The van der Waals surface area contributed by atoms with Crippen LogP contribution in [0, 0.1) is 11.3 Å². The van der Waals surface area contributed by atoms with Crippen molar-refractivity contribution in [2.24, 2.45) is 0 Å². The number of hydrogen-bond donors (Lipinski definition) is 1. The molecule has 0 atom stereocenters. The topological polar surface area (TPSA) is 71.4 Å². The molecule has 1 heterocycles. The first-order valence-corrected chi connectivity index (χ1v) is 7.43. The predicted octanol–water partition coefficient (Wildman–Crippen LogP) is 2.90. The van der Waals surface area contributed by atoms with Crippen LogP contribution in [-0.2, 0) is 11.2 Å². The Hall–Kier alpha value is -3.00. The number of carbonyl (C=O) groups is 1. The second-order valence-electron chi connectivity index (χ2n) is 5.25. The summed E-state index contributed by atoms with van der Waals surface area (Å²) in [7, 11) is 0. The molecule has 3 rings (SSSR count). The number of nitrogens with zero attached hydrogens (tertiary/aromatic N) is 1. The monoisotopic (exact) mass is 308 g/mol. The van der Waals surface area contributed by atoms with Gasteiger partial charge in [-0.2, -0.15) is 5.26 Å². The molecule has 116 valence electrons. The van der Waals surface area contributed by atoms with Gasteiger partial charge < -0.3 is 14.8 Å². The van der Waals surface area contributed by atoms with Crippen LogP contribution >= 0.6 is 0 Å². The van der Waals surface area contributed by atoms with Gasteiger partial charge >= 0.3 is 0 Å². The molecule has 1 N–H and O–H groups in total. The molecule has 5 heteroatoms. The van der Waals surface area contributed by atoms with Crippen LogP contribution in [-0.4, -0.2) is 19.1 Å². The van der Waals surface area contributed by atoms with E-state index >= 15 is 0 Å². The van der Waals surface area contributed by atoms with Gasteiger partial charge in [0.1, 0.15) is 0 Å². The summed E-state index contributed by atoms with van der Waals surface area (Å²) in [5.41, 5.74) is 1.98. The number of anilines is 1. The van der Waals surface area contributed by atoms with Crippen LogP contribution in [0.25, 0.3) is 0 Å². The van der Waals surface area contributed by atoms with E-state index in [4.69, 9.17) is 14.7 Å². The molecule has 1 aliphatic rings. The summed E-state index contributed by atoms with van der Waals surface area (Å²) < 4.78 is 11.2. The molecule has 1 aliphatic heterocycles. The smallest absolute Gasteiger partial charge is 0.228 e. The van der Waals surface area contributed by atoms with Gasteiger partial charge in [0, 0.05) is 12.1 Å². The second kappa shape index (κ2) is 6.84. The zero-order valence-electron chi connectivity index (χ0n) is 12.5. The van der Waals surface area contributed by atoms with E-state index in [1.807, 2.05) is 24.3 Å². The van der Waals surface area contributed by atoms with Crippen LogP contribution in [0.4, 0.5) is 5.69 Å². The Balaban J connectivity index is 1.68. The number of hydrogen-bond acceptors (Lipinski definition) is 4. The number of nitriles is 1. The van der Waals surface area contributed by atoms with Gasteiger partial charge in [0.25, 0.3) is 0 Å². The van der Waals surface area contributed by atoms with Gasteiger partial charge in [-0.05, 0) is 35.9 Å². The SMILES string of the molecule is N#Cc1cccc(NC(=O)Cc2ccc3c(c2)OCCCO3)c1. The first-order chi connectivity index (χ1) is 11.2. The molecule has 0 aromatic heterocycles. The van der Waals surface area contributed by atoms with Crippen molar-refractivity contribution in [3.8, 4) is 17.6 Å². The molecule has 0 spiro atoms. The third-order valence-corrected chi connectivity index (χ3v) is 3.45. The lowest BCUT2D eigenvalue weighted by atomic mass is 10.1. The van der Waals surface area contributed by atoms with Crippen molar-refractivity contribution in [2.75, 3.05) is 18.5 Å². The molecule has 0 unspecified atom stereocenters. The molecule has 2 aromatic carbocycles. The lowest BCUT2D eigenvalue weighted by Crippen LogP contribution is -2.14. The fourth-order valence-corrected chi connectivity index (χ4v) is 2.37. The van der Waals surface area contributed by atoms with E-state index in [-0.39, 0.29) is 12.3 Å². The van der Waals surface area contributed by atoms with Crippen LogP contribution < -0.4 is 14.8 Å². The summed E-state index contributed by atoms with van der Waals surface area (Å²) in [6.45, 7) is 1.26. The van der Waals surface area contributed by atoms with Crippen molar-refractivity contribution in [3.05, 3.63) is 53.6 Å². The fourth-order valence-electron chi connectivity index (χ4n) is 2.37. The van der Waals surface area contributed by atoms with Crippen molar-refractivity contribution in [2.45, 2.75) is 12.8 Å². The van der Waals surface area contributed by atoms with E-state index in [9.17, 15) is 4.79 Å². The molecule has 0 saturated carbocycles. The number of amides is 1. The molecule has 0 radical (unpaired) electrons. The zero-order chi connectivity index (χ0) is 16.1. The van der Waals surface area contributed by atoms with Gasteiger partial charge in [-0.15, -0.1) is 0 Å². The van der Waals surface area contributed by atoms with Gasteiger partial charge in [0.15, 0.2) is 11.5 Å². The molecular weight excluding hydrogens is 292 g/mol. The van der Waals surface area contributed by atoms with Crippen molar-refractivity contribution in [1.82, 2.24) is 0 Å². The maximum absolute atomic E-state index is 12.2. The number of carbonyl (C=O) groups excluding carboxylic acids is 1. The highest BCUT2D eigenvalue weighted by Gasteiger charge is 2.12. The third-order valence-electron chi connectivity index (χ3n) is 3.45. The standard InChI is InChI=1S/C18H16N2O3/c19-12-14-3-1-4-15(9-14)20-18(21)11-13-5-6-16-17(10-13)23-8-2-7-22-16/h1,3-6,9-10H,2,7-8,11H2,(H,20,21). The number of rotatable bonds is 3. The minimum atomic E-state index is -0.144. The summed E-state index contributed by atoms with van der Waals surface area (Å²) in [6.07, 6.45) is 1.08. The van der Waals surface area contributed by atoms with Crippen LogP contribution in [0.3, 0.4) is 0 Å². The minimum absolute atomic E-state index is 0.144. The van der Waals surface area contributed by atoms with Gasteiger partial charge in [0.05, 0.1) is 31.3 Å². The predicted molar refractivity (Wildman–Crippen MR) is 85.5 cm³/mol. The molecular formula is C18H16N2O3. The molecule has 0 bridgehead atoms. The van der Waals surface area contributed by atoms with Gasteiger partial charge in [-0.3, -0.25) is 4.79 Å². The molecule has 0 saturated heterocycles. The summed E-state index contributed by atoms with van der Waals surface area (Å²) in [6, 6.07) is 14.4. The summed E-state index contributed by atoms with van der Waals surface area (Å²) in [5.74, 6) is 1.25. The van der Waals surface area contributed by atoms with E-state index in [0.717, 1.165) is 12.0 Å². The Morgan fingerprint density at radius 1 is 1.13 bits per heavy atom. The molecule has 0 aliphatic carbocycles. The van der Waals surface area contributed by atoms with Crippen LogP contribution in [0.15, 0.2) is 42.5 Å². The van der Waals surface area contributed by atoms with Crippen molar-refractivity contribution < 1.29 is 14.3 Å². The van der Waals surface area contributed by atoms with Crippen LogP contribution in [0.5, 0.6) is 11.5 Å². The van der Waals surface area contributed by atoms with Crippen LogP contribution in [0.2, 0.25) is 0 Å². The van der Waals surface area contributed by atoms with E-state index < -0.39 is 0 Å². The maximum Gasteiger partial charge on any atom is 0.228 e. The zero-order valence-corrected chi connectivity index (χ0v) is 12.5. The first-order valence-electron chi connectivity index (χ1n) is 7.43. The molecule has 0 fully saturated rings. The van der Waals surface area contributed by atoms with E-state index in [2.05, 4.69) is 5.32 Å². The Kier molecular flexibility index (Phi) is 4.44. The third kappa shape index (κ3) is 3.80. The van der Waals surface area contributed by atoms with E-state index in [1.54, 1.807) is 24.3 Å². The average Bonchev–Trinajstić information content (AvgIpc) is 2.79. The molecule has 23 heavy (non-hydrogen) atoms. The number of nitrogens with one attached hydrogen (secondary N) is 1. The highest BCUT2D eigenvalue weighted by atomic mass is 16.5. The van der Waals surface area contributed by atoms with Crippen molar-refractivity contribution >= 4 is 11.6 Å². The minimum Gasteiger partial charge on any atom is -0.490 e. The Morgan fingerprint density at radius 2 is 1.96 bits per heavy atom. The first kappa shape index (κ1) is 14.9. The van der Waals surface area contributed by atoms with Gasteiger partial charge in [-0.1, -0.05) is 12.1 Å². The maximum atomic E-state index is 12.2. The van der Waals surface area contributed by atoms with Gasteiger partial charge in [-0.25, -0.2) is 0 Å². The Morgan fingerprint density at radius 3 is 2.78 bits per heavy atom. The highest BCUT2D eigenvalue weighted by Crippen LogP contribution is 2.30. The summed E-state index contributed by atoms with van der Waals surface area (Å²) in [4.78, 5) is 12.2. The largest absolute Gasteiger partial charge is 0.490 e. The quantitative estimate of drug-likeness (QED) is 0.946. The van der Waals surface area contributed by atoms with E-state index in [0.29, 0.717) is 36.0 Å². The summed E-state index contributed by atoms with van der Waals surface area (Å²) >= 11 is 0.